The number of nitrogens with two attached hydrogens (primary N) is 1. The summed E-state index contributed by atoms with van der Waals surface area (Å²) in [6.45, 7) is -0.0148. The second-order valence-corrected chi connectivity index (χ2v) is 6.90. The van der Waals surface area contributed by atoms with E-state index in [0.29, 0.717) is 0 Å². The van der Waals surface area contributed by atoms with Crippen molar-refractivity contribution in [3.8, 4) is 0 Å². The average molecular weight is 308 g/mol. The maximum atomic E-state index is 13.8. The smallest absolute Gasteiger partial charge is 0.150 e. The van der Waals surface area contributed by atoms with Crippen LogP contribution in [0.15, 0.2) is 12.1 Å². The molecular weight excluding hydrogens is 294 g/mol. The van der Waals surface area contributed by atoms with Gasteiger partial charge in [0.05, 0.1) is 5.75 Å². The van der Waals surface area contributed by atoms with Crippen LogP contribution in [0, 0.1) is 11.6 Å². The molecule has 1 aromatic rings. The molecule has 0 saturated carbocycles. The molecule has 0 saturated heterocycles. The van der Waals surface area contributed by atoms with Gasteiger partial charge in [0, 0.05) is 25.4 Å². The molecule has 0 bridgehead atoms. The molecule has 0 fully saturated rings. The zero-order chi connectivity index (χ0) is 14.8. The third-order valence-electron chi connectivity index (χ3n) is 2.48. The number of thiocarbonyl (C=S) groups is 1. The quantitative estimate of drug-likeness (QED) is 0.825. The number of benzene rings is 1. The Morgan fingerprint density at radius 1 is 1.37 bits per heavy atom. The van der Waals surface area contributed by atoms with Gasteiger partial charge in [-0.25, -0.2) is 17.2 Å². The number of anilines is 1. The molecule has 19 heavy (non-hydrogen) atoms. The van der Waals surface area contributed by atoms with E-state index in [-0.39, 0.29) is 28.5 Å². The summed E-state index contributed by atoms with van der Waals surface area (Å²) in [6.07, 6.45) is 1.06. The molecule has 0 radical (unpaired) electrons. The van der Waals surface area contributed by atoms with E-state index in [1.165, 1.54) is 11.9 Å². The van der Waals surface area contributed by atoms with Crippen LogP contribution >= 0.6 is 12.2 Å². The monoisotopic (exact) mass is 308 g/mol. The molecule has 0 aliphatic carbocycles. The lowest BCUT2D eigenvalue weighted by Gasteiger charge is -2.20. The highest BCUT2D eigenvalue weighted by atomic mass is 32.2. The van der Waals surface area contributed by atoms with E-state index < -0.39 is 21.5 Å². The van der Waals surface area contributed by atoms with Gasteiger partial charge < -0.3 is 10.6 Å². The molecule has 0 spiro atoms. The minimum Gasteiger partial charge on any atom is -0.389 e. The lowest BCUT2D eigenvalue weighted by Crippen LogP contribution is -2.27. The van der Waals surface area contributed by atoms with E-state index in [9.17, 15) is 17.2 Å². The molecular formula is C11H14F2N2O2S2. The highest BCUT2D eigenvalue weighted by Crippen LogP contribution is 2.24. The van der Waals surface area contributed by atoms with E-state index in [1.807, 2.05) is 0 Å². The number of sulfone groups is 1. The molecule has 106 valence electrons. The van der Waals surface area contributed by atoms with Crippen molar-refractivity contribution >= 4 is 32.7 Å². The Hall–Kier alpha value is -1.28. The van der Waals surface area contributed by atoms with Gasteiger partial charge in [-0.3, -0.25) is 0 Å². The van der Waals surface area contributed by atoms with Gasteiger partial charge in [-0.15, -0.1) is 0 Å². The normalized spacial score (nSPS) is 11.4. The first kappa shape index (κ1) is 15.8. The molecule has 0 heterocycles. The molecule has 0 atom stereocenters. The minimum atomic E-state index is -3.20. The van der Waals surface area contributed by atoms with Crippen LogP contribution in [0.3, 0.4) is 0 Å². The molecule has 4 nitrogen and oxygen atoms in total. The van der Waals surface area contributed by atoms with Crippen LogP contribution < -0.4 is 10.6 Å². The molecule has 1 aromatic carbocycles. The first-order valence-corrected chi connectivity index (χ1v) is 7.76. The predicted molar refractivity (Wildman–Crippen MR) is 75.2 cm³/mol. The summed E-state index contributed by atoms with van der Waals surface area (Å²) in [5.41, 5.74) is 5.08. The van der Waals surface area contributed by atoms with Gasteiger partial charge in [0.1, 0.15) is 32.1 Å². The molecule has 0 aromatic heterocycles. The fourth-order valence-electron chi connectivity index (χ4n) is 1.49. The van der Waals surface area contributed by atoms with Crippen LogP contribution in [-0.4, -0.2) is 39.0 Å². The van der Waals surface area contributed by atoms with Gasteiger partial charge in [0.25, 0.3) is 0 Å². The summed E-state index contributed by atoms with van der Waals surface area (Å²) in [4.78, 5) is 1.10. The summed E-state index contributed by atoms with van der Waals surface area (Å²) in [5.74, 6) is -1.86. The standard InChI is InChI=1S/C11H14F2N2O2S2/c1-15(3-4-19(2,16)17)10-8(12)5-7(11(14)18)6-9(10)13/h5-6H,3-4H2,1-2H3,(H2,14,18). The Morgan fingerprint density at radius 2 is 1.84 bits per heavy atom. The highest BCUT2D eigenvalue weighted by molar-refractivity contribution is 7.90. The maximum absolute atomic E-state index is 13.8. The SMILES string of the molecule is CN(CCS(C)(=O)=O)c1c(F)cc(C(N)=S)cc1F. The van der Waals surface area contributed by atoms with Gasteiger partial charge >= 0.3 is 0 Å². The van der Waals surface area contributed by atoms with Crippen molar-refractivity contribution in [1.82, 2.24) is 0 Å². The Morgan fingerprint density at radius 3 is 2.21 bits per heavy atom. The highest BCUT2D eigenvalue weighted by Gasteiger charge is 2.17. The van der Waals surface area contributed by atoms with Crippen molar-refractivity contribution in [2.75, 3.05) is 30.5 Å². The van der Waals surface area contributed by atoms with Crippen LogP contribution in [0.5, 0.6) is 0 Å². The van der Waals surface area contributed by atoms with Crippen molar-refractivity contribution in [3.63, 3.8) is 0 Å². The lowest BCUT2D eigenvalue weighted by atomic mass is 10.1. The van der Waals surface area contributed by atoms with Crippen LogP contribution in [0.1, 0.15) is 5.56 Å². The second-order valence-electron chi connectivity index (χ2n) is 4.20. The minimum absolute atomic E-state index is 0.0148. The van der Waals surface area contributed by atoms with Crippen LogP contribution in [0.25, 0.3) is 0 Å². The number of rotatable bonds is 5. The first-order chi connectivity index (χ1) is 8.61. The number of hydrogen-bond donors (Lipinski definition) is 1. The summed E-state index contributed by atoms with van der Waals surface area (Å²) in [7, 11) is -1.79. The third-order valence-corrected chi connectivity index (χ3v) is 3.64. The van der Waals surface area contributed by atoms with E-state index in [1.54, 1.807) is 0 Å². The molecule has 1 rings (SSSR count). The number of nitrogens with zero attached hydrogens (tertiary/aromatic N) is 1. The van der Waals surface area contributed by atoms with Gasteiger partial charge in [-0.05, 0) is 12.1 Å². The predicted octanol–water partition coefficient (Wildman–Crippen LogP) is 1.08. The van der Waals surface area contributed by atoms with Gasteiger partial charge in [0.2, 0.25) is 0 Å². The Labute approximate surface area is 116 Å². The van der Waals surface area contributed by atoms with E-state index >= 15 is 0 Å². The fourth-order valence-corrected chi connectivity index (χ4v) is 2.21. The summed E-state index contributed by atoms with van der Waals surface area (Å²) in [5, 5.41) is 0. The first-order valence-electron chi connectivity index (χ1n) is 5.29. The summed E-state index contributed by atoms with van der Waals surface area (Å²) < 4.78 is 49.7. The second kappa shape index (κ2) is 5.79. The van der Waals surface area contributed by atoms with E-state index in [0.717, 1.165) is 18.4 Å². The maximum Gasteiger partial charge on any atom is 0.150 e. The zero-order valence-corrected chi connectivity index (χ0v) is 12.1. The van der Waals surface area contributed by atoms with E-state index in [4.69, 9.17) is 5.73 Å². The van der Waals surface area contributed by atoms with Gasteiger partial charge in [-0.1, -0.05) is 12.2 Å². The van der Waals surface area contributed by atoms with Crippen LogP contribution in [0.4, 0.5) is 14.5 Å². The summed E-state index contributed by atoms with van der Waals surface area (Å²) >= 11 is 4.64. The van der Waals surface area contributed by atoms with Crippen molar-refractivity contribution in [1.29, 1.82) is 0 Å². The molecule has 0 amide bonds. The van der Waals surface area contributed by atoms with Crippen molar-refractivity contribution in [2.45, 2.75) is 0 Å². The molecule has 0 aliphatic rings. The molecule has 0 aliphatic heterocycles. The van der Waals surface area contributed by atoms with Crippen LogP contribution in [-0.2, 0) is 9.84 Å². The third kappa shape index (κ3) is 4.39. The van der Waals surface area contributed by atoms with Crippen molar-refractivity contribution in [2.24, 2.45) is 5.73 Å². The Kier molecular flexibility index (Phi) is 4.81. The van der Waals surface area contributed by atoms with Crippen molar-refractivity contribution in [3.05, 3.63) is 29.3 Å². The Balaban J connectivity index is 3.04. The Bertz CT molecular complexity index is 580. The molecule has 0 unspecified atom stereocenters. The zero-order valence-electron chi connectivity index (χ0n) is 10.5. The fraction of sp³-hybridized carbons (Fsp3) is 0.364. The largest absolute Gasteiger partial charge is 0.389 e. The van der Waals surface area contributed by atoms with Gasteiger partial charge in [-0.2, -0.15) is 0 Å². The molecule has 8 heteroatoms. The van der Waals surface area contributed by atoms with Crippen LogP contribution in [0.2, 0.25) is 0 Å². The summed E-state index contributed by atoms with van der Waals surface area (Å²) in [6, 6.07) is 2.05. The molecule has 2 N–H and O–H groups in total. The van der Waals surface area contributed by atoms with Crippen molar-refractivity contribution < 1.29 is 17.2 Å². The van der Waals surface area contributed by atoms with Gasteiger partial charge in [0.15, 0.2) is 0 Å². The average Bonchev–Trinajstić information content (AvgIpc) is 2.24. The number of halogens is 2. The lowest BCUT2D eigenvalue weighted by molar-refractivity contribution is 0.575. The topological polar surface area (TPSA) is 63.4 Å². The van der Waals surface area contributed by atoms with E-state index in [2.05, 4.69) is 12.2 Å². The number of hydrogen-bond acceptors (Lipinski definition) is 4.